The average Bonchev–Trinajstić information content (AvgIpc) is 3.25. The zero-order chi connectivity index (χ0) is 19.9. The van der Waals surface area contributed by atoms with Crippen LogP contribution < -0.4 is 5.32 Å². The molecule has 2 saturated heterocycles. The Morgan fingerprint density at radius 1 is 1.21 bits per heavy atom. The SMILES string of the molecule is CN1CCC(Nc2cccc3c(SC(F)(F)F)c(C4OCCO4)oc23)C(F)C1. The molecule has 2 aromatic rings. The van der Waals surface area contributed by atoms with Gasteiger partial charge in [-0.15, -0.1) is 0 Å². The number of alkyl halides is 4. The number of furan rings is 1. The summed E-state index contributed by atoms with van der Waals surface area (Å²) in [5, 5.41) is 3.42. The highest BCUT2D eigenvalue weighted by atomic mass is 32.2. The molecule has 2 unspecified atom stereocenters. The molecule has 0 radical (unpaired) electrons. The van der Waals surface area contributed by atoms with Gasteiger partial charge in [-0.05, 0) is 37.4 Å². The number of benzene rings is 1. The van der Waals surface area contributed by atoms with Crippen molar-refractivity contribution in [3.8, 4) is 0 Å². The lowest BCUT2D eigenvalue weighted by molar-refractivity contribution is -0.0608. The second-order valence-corrected chi connectivity index (χ2v) is 7.99. The monoisotopic (exact) mass is 420 g/mol. The molecule has 1 aromatic carbocycles. The summed E-state index contributed by atoms with van der Waals surface area (Å²) >= 11 is -0.256. The number of anilines is 1. The molecule has 2 atom stereocenters. The minimum absolute atomic E-state index is 0.00995. The molecule has 4 rings (SSSR count). The van der Waals surface area contributed by atoms with Crippen LogP contribution in [0.3, 0.4) is 0 Å². The number of ether oxygens (including phenoxy) is 2. The smallest absolute Gasteiger partial charge is 0.446 e. The van der Waals surface area contributed by atoms with Crippen LogP contribution in [0.15, 0.2) is 27.5 Å². The predicted molar refractivity (Wildman–Crippen MR) is 97.2 cm³/mol. The van der Waals surface area contributed by atoms with Crippen molar-refractivity contribution in [3.63, 3.8) is 0 Å². The molecule has 5 nitrogen and oxygen atoms in total. The number of rotatable bonds is 4. The molecule has 0 saturated carbocycles. The van der Waals surface area contributed by atoms with Crippen LogP contribution in [-0.2, 0) is 9.47 Å². The lowest BCUT2D eigenvalue weighted by Crippen LogP contribution is -2.46. The molecule has 0 bridgehead atoms. The Kier molecular flexibility index (Phi) is 5.47. The zero-order valence-corrected chi connectivity index (χ0v) is 15.9. The van der Waals surface area contributed by atoms with E-state index in [2.05, 4.69) is 5.32 Å². The number of thioether (sulfide) groups is 1. The Bertz CT molecular complexity index is 838. The highest BCUT2D eigenvalue weighted by Gasteiger charge is 2.37. The van der Waals surface area contributed by atoms with Crippen LogP contribution in [0.1, 0.15) is 18.5 Å². The Labute approximate surface area is 163 Å². The Balaban J connectivity index is 1.71. The molecule has 0 amide bonds. The quantitative estimate of drug-likeness (QED) is 0.579. The van der Waals surface area contributed by atoms with Crippen LogP contribution >= 0.6 is 11.8 Å². The van der Waals surface area contributed by atoms with E-state index in [9.17, 15) is 17.6 Å². The van der Waals surface area contributed by atoms with Gasteiger partial charge in [-0.1, -0.05) is 6.07 Å². The van der Waals surface area contributed by atoms with Crippen molar-refractivity contribution in [3.05, 3.63) is 24.0 Å². The highest BCUT2D eigenvalue weighted by molar-refractivity contribution is 8.00. The summed E-state index contributed by atoms with van der Waals surface area (Å²) in [6.45, 7) is 1.59. The van der Waals surface area contributed by atoms with E-state index in [-0.39, 0.29) is 41.2 Å². The maximum absolute atomic E-state index is 14.4. The number of hydrogen-bond donors (Lipinski definition) is 1. The third-order valence-corrected chi connectivity index (χ3v) is 5.69. The molecule has 1 N–H and O–H groups in total. The first-order chi connectivity index (χ1) is 13.3. The maximum Gasteiger partial charge on any atom is 0.446 e. The lowest BCUT2D eigenvalue weighted by atomic mass is 10.0. The fourth-order valence-corrected chi connectivity index (χ4v) is 4.27. The topological polar surface area (TPSA) is 46.9 Å². The summed E-state index contributed by atoms with van der Waals surface area (Å²) in [5.41, 5.74) is -3.79. The first kappa shape index (κ1) is 19.8. The van der Waals surface area contributed by atoms with Crippen LogP contribution in [0.5, 0.6) is 0 Å². The van der Waals surface area contributed by atoms with Gasteiger partial charge >= 0.3 is 5.51 Å². The standard InChI is InChI=1S/C18H20F4N2O3S/c1-24-6-5-12(11(19)9-24)23-13-4-2-3-10-14(13)27-15(17-25-7-8-26-17)16(10)28-18(20,21)22/h2-4,11-12,17,23H,5-9H2,1H3. The van der Waals surface area contributed by atoms with Gasteiger partial charge in [0.1, 0.15) is 6.17 Å². The fourth-order valence-electron chi connectivity index (χ4n) is 3.53. The molecular weight excluding hydrogens is 400 g/mol. The number of para-hydroxylation sites is 1. The minimum Gasteiger partial charge on any atom is -0.452 e. The molecule has 28 heavy (non-hydrogen) atoms. The van der Waals surface area contributed by atoms with E-state index in [1.165, 1.54) is 0 Å². The van der Waals surface area contributed by atoms with Crippen molar-refractivity contribution in [2.75, 3.05) is 38.7 Å². The van der Waals surface area contributed by atoms with Crippen LogP contribution in [0, 0.1) is 0 Å². The summed E-state index contributed by atoms with van der Waals surface area (Å²) in [5.74, 6) is -0.00995. The van der Waals surface area contributed by atoms with Gasteiger partial charge in [0.15, 0.2) is 11.3 Å². The van der Waals surface area contributed by atoms with E-state index in [4.69, 9.17) is 13.9 Å². The highest BCUT2D eigenvalue weighted by Crippen LogP contribution is 2.48. The van der Waals surface area contributed by atoms with Gasteiger partial charge in [-0.3, -0.25) is 0 Å². The zero-order valence-electron chi connectivity index (χ0n) is 15.1. The molecule has 154 valence electrons. The molecule has 3 heterocycles. The van der Waals surface area contributed by atoms with Crippen molar-refractivity contribution >= 4 is 28.4 Å². The summed E-state index contributed by atoms with van der Waals surface area (Å²) in [7, 11) is 1.85. The van der Waals surface area contributed by atoms with Gasteiger partial charge in [0, 0.05) is 18.5 Å². The second-order valence-electron chi connectivity index (χ2n) is 6.92. The predicted octanol–water partition coefficient (Wildman–Crippen LogP) is 4.54. The molecule has 2 aliphatic heterocycles. The van der Waals surface area contributed by atoms with Crippen molar-refractivity contribution < 1.29 is 31.5 Å². The number of piperidine rings is 1. The van der Waals surface area contributed by atoms with Crippen LogP contribution in [0.4, 0.5) is 23.2 Å². The van der Waals surface area contributed by atoms with E-state index in [0.29, 0.717) is 24.0 Å². The van der Waals surface area contributed by atoms with E-state index >= 15 is 0 Å². The third-order valence-electron chi connectivity index (χ3n) is 4.83. The molecule has 2 aliphatic rings. The summed E-state index contributed by atoms with van der Waals surface area (Å²) in [4.78, 5) is 1.82. The Morgan fingerprint density at radius 3 is 2.64 bits per heavy atom. The van der Waals surface area contributed by atoms with Crippen molar-refractivity contribution in [2.24, 2.45) is 0 Å². The number of hydrogen-bond acceptors (Lipinski definition) is 6. The van der Waals surface area contributed by atoms with Crippen LogP contribution in [0.25, 0.3) is 11.0 Å². The van der Waals surface area contributed by atoms with Crippen LogP contribution in [-0.4, -0.2) is 56.0 Å². The Morgan fingerprint density at radius 2 is 1.96 bits per heavy atom. The number of likely N-dealkylation sites (tertiary alicyclic amines) is 1. The third kappa shape index (κ3) is 4.10. The largest absolute Gasteiger partial charge is 0.452 e. The fraction of sp³-hybridized carbons (Fsp3) is 0.556. The van der Waals surface area contributed by atoms with Crippen molar-refractivity contribution in [1.82, 2.24) is 4.90 Å². The van der Waals surface area contributed by atoms with Gasteiger partial charge in [-0.2, -0.15) is 13.2 Å². The molecule has 10 heteroatoms. The number of nitrogens with one attached hydrogen (secondary N) is 1. The molecule has 2 fully saturated rings. The van der Waals surface area contributed by atoms with Gasteiger partial charge in [0.25, 0.3) is 0 Å². The maximum atomic E-state index is 14.4. The van der Waals surface area contributed by atoms with Gasteiger partial charge in [-0.25, -0.2) is 4.39 Å². The lowest BCUT2D eigenvalue weighted by Gasteiger charge is -2.33. The van der Waals surface area contributed by atoms with E-state index in [1.807, 2.05) is 11.9 Å². The van der Waals surface area contributed by atoms with E-state index in [1.54, 1.807) is 18.2 Å². The summed E-state index contributed by atoms with van der Waals surface area (Å²) in [6, 6.07) is 4.42. The minimum atomic E-state index is -4.49. The van der Waals surface area contributed by atoms with Gasteiger partial charge < -0.3 is 24.1 Å². The number of fused-ring (bicyclic) bond motifs is 1. The normalized spacial score (nSPS) is 24.9. The average molecular weight is 420 g/mol. The first-order valence-corrected chi connectivity index (χ1v) is 9.77. The van der Waals surface area contributed by atoms with E-state index < -0.39 is 24.0 Å². The molecular formula is C18H20F4N2O3S. The summed E-state index contributed by atoms with van der Waals surface area (Å²) in [6.07, 6.45) is -1.49. The van der Waals surface area contributed by atoms with Gasteiger partial charge in [0.2, 0.25) is 6.29 Å². The molecule has 0 spiro atoms. The van der Waals surface area contributed by atoms with E-state index in [0.717, 1.165) is 6.54 Å². The molecule has 1 aromatic heterocycles. The summed E-state index contributed by atoms with van der Waals surface area (Å²) < 4.78 is 70.4. The van der Waals surface area contributed by atoms with Crippen molar-refractivity contribution in [1.29, 1.82) is 0 Å². The second kappa shape index (κ2) is 7.74. The van der Waals surface area contributed by atoms with Crippen LogP contribution in [0.2, 0.25) is 0 Å². The van der Waals surface area contributed by atoms with Gasteiger partial charge in [0.05, 0.1) is 29.8 Å². The number of nitrogens with zero attached hydrogens (tertiary/aromatic N) is 1. The van der Waals surface area contributed by atoms with Crippen molar-refractivity contribution in [2.45, 2.75) is 35.3 Å². The first-order valence-electron chi connectivity index (χ1n) is 8.95. The number of halogens is 4. The Hall–Kier alpha value is -1.49. The molecule has 0 aliphatic carbocycles.